The smallest absolute Gasteiger partial charge is 0.410 e. The van der Waals surface area contributed by atoms with E-state index in [4.69, 9.17) is 10.1 Å². The Balaban J connectivity index is 1.69. The van der Waals surface area contributed by atoms with Crippen LogP contribution in [0.3, 0.4) is 0 Å². The number of aromatic nitrogens is 2. The summed E-state index contributed by atoms with van der Waals surface area (Å²) in [4.78, 5) is 39.0. The van der Waals surface area contributed by atoms with Crippen LogP contribution in [0.25, 0.3) is 10.9 Å². The van der Waals surface area contributed by atoms with Crippen molar-refractivity contribution >= 4 is 45.1 Å². The molecule has 0 bridgehead atoms. The van der Waals surface area contributed by atoms with E-state index in [2.05, 4.69) is 20.2 Å². The topological polar surface area (TPSA) is 145 Å². The summed E-state index contributed by atoms with van der Waals surface area (Å²) in [6, 6.07) is 3.07. The first-order valence-corrected chi connectivity index (χ1v) is 15.1. The maximum atomic E-state index is 14.4. The average Bonchev–Trinajstić information content (AvgIpc) is 2.89. The van der Waals surface area contributed by atoms with Crippen LogP contribution in [0.2, 0.25) is 0 Å². The Labute approximate surface area is 246 Å². The molecule has 3 atom stereocenters. The van der Waals surface area contributed by atoms with Crippen molar-refractivity contribution in [3.8, 4) is 0 Å². The number of nitrogens with two attached hydrogens (primary N) is 1. The van der Waals surface area contributed by atoms with E-state index in [1.807, 2.05) is 34.6 Å². The van der Waals surface area contributed by atoms with Crippen LogP contribution in [0.15, 0.2) is 58.9 Å². The minimum Gasteiger partial charge on any atom is -0.444 e. The van der Waals surface area contributed by atoms with Crippen LogP contribution < -0.4 is 15.5 Å². The van der Waals surface area contributed by atoms with Crippen molar-refractivity contribution in [3.63, 3.8) is 0 Å². The number of fused-ring (bicyclic) bond motifs is 1. The molecule has 1 aromatic carbocycles. The number of carbonyl (C=O) groups is 2. The number of hydrogen-bond donors (Lipinski definition) is 3. The standard InChI is InChI=1S/C29H36FN7O4S/c1-16-14-36(15-17(2)37(16)28(39)41-29(3,4)5)23-9-8-20(25-21(23)13-33-27(35-25)42(7)40)26(38)34-19-10-18(12-32-6)24(31)22(30)11-19/h8-13,16-17,31-32H,14-15H2,1-7H3,(H,34,38)/p+1/b18-12-,31-24?/t16-,17+,42?. The summed E-state index contributed by atoms with van der Waals surface area (Å²) in [5.41, 5.74) is 0.890. The zero-order chi connectivity index (χ0) is 30.9. The molecule has 2 heterocycles. The molecule has 0 saturated carbocycles. The number of quaternary nitrogens is 1. The number of amides is 2. The minimum atomic E-state index is -1.50. The van der Waals surface area contributed by atoms with E-state index in [0.29, 0.717) is 29.6 Å². The van der Waals surface area contributed by atoms with Crippen LogP contribution in [0, 0.1) is 5.41 Å². The van der Waals surface area contributed by atoms with Crippen molar-refractivity contribution in [2.24, 2.45) is 0 Å². The Bertz CT molecular complexity index is 1550. The quantitative estimate of drug-likeness (QED) is 0.449. The maximum Gasteiger partial charge on any atom is 0.410 e. The Hall–Kier alpha value is -3.97. The van der Waals surface area contributed by atoms with Gasteiger partial charge in [0.2, 0.25) is 5.16 Å². The number of rotatable bonds is 5. The predicted molar refractivity (Wildman–Crippen MR) is 159 cm³/mol. The second-order valence-electron chi connectivity index (χ2n) is 11.4. The number of anilines is 1. The third kappa shape index (κ3) is 6.57. The molecular formula is C29H37FN7O4S+. The van der Waals surface area contributed by atoms with Gasteiger partial charge in [-0.05, 0) is 58.9 Å². The molecule has 2 aliphatic rings. The number of ether oxygens (including phenoxy) is 1. The van der Waals surface area contributed by atoms with Crippen LogP contribution in [0.5, 0.6) is 0 Å². The van der Waals surface area contributed by atoms with E-state index in [0.717, 1.165) is 11.8 Å². The molecule has 1 aromatic heterocycles. The molecule has 1 saturated heterocycles. The van der Waals surface area contributed by atoms with Gasteiger partial charge < -0.3 is 20.3 Å². The number of piperazine rings is 1. The lowest BCUT2D eigenvalue weighted by Gasteiger charge is -2.45. The number of allylic oxidation sites excluding steroid dienone is 4. The van der Waals surface area contributed by atoms with Gasteiger partial charge in [-0.1, -0.05) is 0 Å². The molecule has 1 aliphatic heterocycles. The zero-order valence-electron chi connectivity index (χ0n) is 24.8. The summed E-state index contributed by atoms with van der Waals surface area (Å²) >= 11 is 0. The SMILES string of the molecule is C[NH2+]/C=C1/C=C(NC(=O)c2ccc(N3C[C@@H](C)N(C(=O)OC(C)(C)C)[C@@H](C)C3)c3cnc(S(C)=O)nc23)C=C(F)C1=N. The zero-order valence-corrected chi connectivity index (χ0v) is 25.6. The third-order valence-electron chi connectivity index (χ3n) is 6.80. The van der Waals surface area contributed by atoms with Crippen molar-refractivity contribution < 1.29 is 28.2 Å². The molecule has 0 spiro atoms. The number of nitrogens with one attached hydrogen (secondary N) is 2. The molecule has 224 valence electrons. The summed E-state index contributed by atoms with van der Waals surface area (Å²) in [5, 5.41) is 13.0. The van der Waals surface area contributed by atoms with E-state index in [-0.39, 0.29) is 40.3 Å². The lowest BCUT2D eigenvalue weighted by atomic mass is 10.0. The van der Waals surface area contributed by atoms with Gasteiger partial charge in [-0.3, -0.25) is 19.3 Å². The van der Waals surface area contributed by atoms with Crippen molar-refractivity contribution in [1.29, 1.82) is 5.41 Å². The van der Waals surface area contributed by atoms with E-state index < -0.39 is 28.1 Å². The Morgan fingerprint density at radius 2 is 1.88 bits per heavy atom. The molecule has 11 nitrogen and oxygen atoms in total. The summed E-state index contributed by atoms with van der Waals surface area (Å²) in [6.07, 6.45) is 6.85. The largest absolute Gasteiger partial charge is 0.444 e. The van der Waals surface area contributed by atoms with Crippen molar-refractivity contribution in [2.75, 3.05) is 31.3 Å². The molecule has 0 radical (unpaired) electrons. The molecule has 2 amide bonds. The van der Waals surface area contributed by atoms with Crippen molar-refractivity contribution in [3.05, 3.63) is 59.3 Å². The normalized spacial score (nSPS) is 21.2. The van der Waals surface area contributed by atoms with E-state index in [1.165, 1.54) is 12.3 Å². The van der Waals surface area contributed by atoms with Gasteiger partial charge in [0, 0.05) is 42.3 Å². The van der Waals surface area contributed by atoms with Gasteiger partial charge in [-0.25, -0.2) is 19.2 Å². The lowest BCUT2D eigenvalue weighted by Crippen LogP contribution is -2.73. The minimum absolute atomic E-state index is 0.0742. The highest BCUT2D eigenvalue weighted by Crippen LogP contribution is 2.32. The van der Waals surface area contributed by atoms with Gasteiger partial charge in [0.05, 0.1) is 46.6 Å². The van der Waals surface area contributed by atoms with Gasteiger partial charge in [0.25, 0.3) is 5.91 Å². The lowest BCUT2D eigenvalue weighted by molar-refractivity contribution is -0.556. The highest BCUT2D eigenvalue weighted by molar-refractivity contribution is 7.84. The number of benzene rings is 1. The summed E-state index contributed by atoms with van der Waals surface area (Å²) in [6.45, 7) is 10.4. The Kier molecular flexibility index (Phi) is 8.92. The molecule has 1 fully saturated rings. The predicted octanol–water partition coefficient (Wildman–Crippen LogP) is 2.78. The number of carbonyl (C=O) groups excluding carboxylic acids is 2. The molecule has 4 N–H and O–H groups in total. The fourth-order valence-corrected chi connectivity index (χ4v) is 5.51. The second-order valence-corrected chi connectivity index (χ2v) is 12.6. The van der Waals surface area contributed by atoms with Gasteiger partial charge in [-0.2, -0.15) is 0 Å². The second kappa shape index (κ2) is 12.1. The van der Waals surface area contributed by atoms with Crippen molar-refractivity contribution in [1.82, 2.24) is 20.2 Å². The number of nitrogens with zero attached hydrogens (tertiary/aromatic N) is 4. The highest BCUT2D eigenvalue weighted by atomic mass is 32.2. The van der Waals surface area contributed by atoms with Crippen LogP contribution in [0.1, 0.15) is 45.0 Å². The first-order chi connectivity index (χ1) is 19.7. The van der Waals surface area contributed by atoms with Gasteiger partial charge in [0.15, 0.2) is 5.83 Å². The molecule has 13 heteroatoms. The van der Waals surface area contributed by atoms with Gasteiger partial charge in [0.1, 0.15) is 17.5 Å². The monoisotopic (exact) mass is 598 g/mol. The molecule has 1 unspecified atom stereocenters. The van der Waals surface area contributed by atoms with Crippen LogP contribution in [-0.2, 0) is 15.5 Å². The highest BCUT2D eigenvalue weighted by Gasteiger charge is 2.36. The van der Waals surface area contributed by atoms with Crippen molar-refractivity contribution in [2.45, 2.75) is 57.5 Å². The number of hydrogen-bond acceptors (Lipinski definition) is 8. The molecule has 2 aromatic rings. The molecule has 4 rings (SSSR count). The van der Waals surface area contributed by atoms with E-state index in [1.54, 1.807) is 41.8 Å². The Morgan fingerprint density at radius 3 is 2.48 bits per heavy atom. The first kappa shape index (κ1) is 31.0. The summed E-state index contributed by atoms with van der Waals surface area (Å²) < 4.78 is 32.3. The summed E-state index contributed by atoms with van der Waals surface area (Å²) in [5.74, 6) is -1.31. The Morgan fingerprint density at radius 1 is 1.21 bits per heavy atom. The average molecular weight is 599 g/mol. The molecule has 1 aliphatic carbocycles. The van der Waals surface area contributed by atoms with Gasteiger partial charge in [-0.15, -0.1) is 0 Å². The summed E-state index contributed by atoms with van der Waals surface area (Å²) in [7, 11) is 0.253. The van der Waals surface area contributed by atoms with Crippen LogP contribution in [0.4, 0.5) is 14.9 Å². The van der Waals surface area contributed by atoms with E-state index in [9.17, 15) is 18.2 Å². The van der Waals surface area contributed by atoms with Crippen LogP contribution >= 0.6 is 0 Å². The first-order valence-electron chi connectivity index (χ1n) is 13.6. The third-order valence-corrected chi connectivity index (χ3v) is 7.51. The van der Waals surface area contributed by atoms with Crippen LogP contribution in [-0.4, -0.2) is 80.9 Å². The molecular weight excluding hydrogens is 561 g/mol. The van der Waals surface area contributed by atoms with E-state index >= 15 is 0 Å². The fraction of sp³-hybridized carbons (Fsp3) is 0.414. The molecule has 42 heavy (non-hydrogen) atoms. The fourth-order valence-electron chi connectivity index (χ4n) is 5.09. The number of halogens is 1. The maximum absolute atomic E-state index is 14.4. The van der Waals surface area contributed by atoms with Gasteiger partial charge >= 0.3 is 6.09 Å².